The van der Waals surface area contributed by atoms with Gasteiger partial charge in [-0.25, -0.2) is 15.0 Å². The first kappa shape index (κ1) is 25.9. The molecule has 4 heterocycles. The first-order valence-electron chi connectivity index (χ1n) is 12.9. The van der Waals surface area contributed by atoms with Gasteiger partial charge in [0.2, 0.25) is 5.95 Å². The number of anilines is 2. The highest BCUT2D eigenvalue weighted by Crippen LogP contribution is 2.38. The van der Waals surface area contributed by atoms with E-state index in [2.05, 4.69) is 56.5 Å². The van der Waals surface area contributed by atoms with E-state index in [4.69, 9.17) is 9.97 Å². The van der Waals surface area contributed by atoms with Crippen molar-refractivity contribution in [2.24, 2.45) is 5.41 Å². The van der Waals surface area contributed by atoms with E-state index in [1.807, 2.05) is 31.7 Å². The number of rotatable bonds is 9. The van der Waals surface area contributed by atoms with E-state index >= 15 is 0 Å². The standard InChI is InChI=1S/C27H32N8O2S/c1-4-19-14-30-22(15-29-19)20-10-17(11-21-23(20)38-26(34-21)33-16-28-5-2)18-12-31-25(32-13-18)35-8-6-27(3,7-9-35)24(36)37/h10-15,28H,4-9,16H2,1-3H3,(H,33,34)(H,36,37). The molecular formula is C27H32N8O2S. The Hall–Kier alpha value is -3.70. The second kappa shape index (κ2) is 11.0. The van der Waals surface area contributed by atoms with Crippen LogP contribution in [0.15, 0.2) is 36.9 Å². The third kappa shape index (κ3) is 5.30. The monoisotopic (exact) mass is 532 g/mol. The van der Waals surface area contributed by atoms with Crippen molar-refractivity contribution < 1.29 is 9.90 Å². The Morgan fingerprint density at radius 3 is 2.45 bits per heavy atom. The maximum atomic E-state index is 11.6. The first-order chi connectivity index (χ1) is 18.4. The van der Waals surface area contributed by atoms with Gasteiger partial charge < -0.3 is 20.6 Å². The van der Waals surface area contributed by atoms with Gasteiger partial charge in [-0.1, -0.05) is 25.2 Å². The summed E-state index contributed by atoms with van der Waals surface area (Å²) in [6, 6.07) is 4.15. The van der Waals surface area contributed by atoms with Crippen LogP contribution in [0.2, 0.25) is 0 Å². The molecule has 198 valence electrons. The zero-order valence-corrected chi connectivity index (χ0v) is 22.7. The van der Waals surface area contributed by atoms with Crippen LogP contribution in [0.1, 0.15) is 39.3 Å². The summed E-state index contributed by atoms with van der Waals surface area (Å²) in [5.41, 5.74) is 4.71. The largest absolute Gasteiger partial charge is 0.481 e. The van der Waals surface area contributed by atoms with Gasteiger partial charge in [0, 0.05) is 42.8 Å². The van der Waals surface area contributed by atoms with Crippen LogP contribution < -0.4 is 15.5 Å². The summed E-state index contributed by atoms with van der Waals surface area (Å²) in [5, 5.41) is 16.9. The van der Waals surface area contributed by atoms with Crippen molar-refractivity contribution in [3.63, 3.8) is 0 Å². The molecule has 0 radical (unpaired) electrons. The van der Waals surface area contributed by atoms with E-state index < -0.39 is 11.4 Å². The van der Waals surface area contributed by atoms with Gasteiger partial charge in [-0.05, 0) is 50.4 Å². The van der Waals surface area contributed by atoms with Crippen molar-refractivity contribution in [1.82, 2.24) is 30.2 Å². The van der Waals surface area contributed by atoms with E-state index in [-0.39, 0.29) is 0 Å². The van der Waals surface area contributed by atoms with Gasteiger partial charge in [0.25, 0.3) is 0 Å². The number of nitrogens with zero attached hydrogens (tertiary/aromatic N) is 6. The summed E-state index contributed by atoms with van der Waals surface area (Å²) in [7, 11) is 0. The number of hydrogen-bond acceptors (Lipinski definition) is 10. The zero-order chi connectivity index (χ0) is 26.7. The molecule has 0 aliphatic carbocycles. The number of piperidine rings is 1. The minimum atomic E-state index is -0.740. The number of carboxylic acids is 1. The quantitative estimate of drug-likeness (QED) is 0.210. The highest BCUT2D eigenvalue weighted by molar-refractivity contribution is 7.22. The van der Waals surface area contributed by atoms with Crippen molar-refractivity contribution in [2.75, 3.05) is 36.5 Å². The number of aliphatic carboxylic acids is 1. The number of carbonyl (C=O) groups is 1. The van der Waals surface area contributed by atoms with Gasteiger partial charge in [-0.2, -0.15) is 0 Å². The zero-order valence-electron chi connectivity index (χ0n) is 21.9. The second-order valence-corrected chi connectivity index (χ2v) is 10.7. The number of fused-ring (bicyclic) bond motifs is 1. The third-order valence-corrected chi connectivity index (χ3v) is 8.15. The van der Waals surface area contributed by atoms with Gasteiger partial charge in [-0.3, -0.25) is 14.8 Å². The van der Waals surface area contributed by atoms with Crippen LogP contribution in [0, 0.1) is 5.41 Å². The fourth-order valence-electron chi connectivity index (χ4n) is 4.45. The lowest BCUT2D eigenvalue weighted by Gasteiger charge is -2.36. The number of benzene rings is 1. The van der Waals surface area contributed by atoms with Gasteiger partial charge in [0.05, 0.1) is 39.9 Å². The number of aryl methyl sites for hydroxylation is 1. The molecule has 11 heteroatoms. The predicted molar refractivity (Wildman–Crippen MR) is 150 cm³/mol. The molecule has 3 aromatic heterocycles. The molecule has 5 rings (SSSR count). The molecule has 1 aliphatic rings. The number of hydrogen-bond donors (Lipinski definition) is 3. The van der Waals surface area contributed by atoms with Gasteiger partial charge in [0.15, 0.2) is 5.13 Å². The lowest BCUT2D eigenvalue weighted by Crippen LogP contribution is -2.43. The number of nitrogens with one attached hydrogen (secondary N) is 2. The Kier molecular flexibility index (Phi) is 7.48. The fraction of sp³-hybridized carbons (Fsp3) is 0.407. The summed E-state index contributed by atoms with van der Waals surface area (Å²) in [6.45, 7) is 8.68. The maximum absolute atomic E-state index is 11.6. The van der Waals surface area contributed by atoms with Gasteiger partial charge in [0.1, 0.15) is 0 Å². The first-order valence-corrected chi connectivity index (χ1v) is 13.7. The van der Waals surface area contributed by atoms with Crippen molar-refractivity contribution in [2.45, 2.75) is 40.0 Å². The summed E-state index contributed by atoms with van der Waals surface area (Å²) < 4.78 is 1.04. The van der Waals surface area contributed by atoms with Crippen molar-refractivity contribution in [3.05, 3.63) is 42.6 Å². The smallest absolute Gasteiger partial charge is 0.309 e. The van der Waals surface area contributed by atoms with Gasteiger partial charge in [-0.15, -0.1) is 0 Å². The summed E-state index contributed by atoms with van der Waals surface area (Å²) >= 11 is 1.60. The van der Waals surface area contributed by atoms with Crippen molar-refractivity contribution in [1.29, 1.82) is 0 Å². The van der Waals surface area contributed by atoms with Crippen LogP contribution in [0.5, 0.6) is 0 Å². The molecule has 1 fully saturated rings. The van der Waals surface area contributed by atoms with Crippen LogP contribution >= 0.6 is 11.3 Å². The molecule has 4 aromatic rings. The Morgan fingerprint density at radius 1 is 1.05 bits per heavy atom. The molecule has 10 nitrogen and oxygen atoms in total. The average Bonchev–Trinajstić information content (AvgIpc) is 3.36. The summed E-state index contributed by atoms with van der Waals surface area (Å²) in [6.07, 6.45) is 9.26. The SMILES string of the molecule is CCNCNc1nc2cc(-c3cnc(N4CCC(C)(C(=O)O)CC4)nc3)cc(-c3cnc(CC)cn3)c2s1. The Labute approximate surface area is 225 Å². The highest BCUT2D eigenvalue weighted by Gasteiger charge is 2.37. The normalized spacial score (nSPS) is 15.1. The van der Waals surface area contributed by atoms with E-state index in [1.165, 1.54) is 0 Å². The molecule has 38 heavy (non-hydrogen) atoms. The lowest BCUT2D eigenvalue weighted by atomic mass is 9.80. The Balaban J connectivity index is 1.46. The van der Waals surface area contributed by atoms with E-state index in [0.29, 0.717) is 38.5 Å². The van der Waals surface area contributed by atoms with Crippen LogP contribution in [0.4, 0.5) is 11.1 Å². The van der Waals surface area contributed by atoms with Crippen LogP contribution in [0.3, 0.4) is 0 Å². The molecule has 0 atom stereocenters. The van der Waals surface area contributed by atoms with E-state index in [1.54, 1.807) is 11.3 Å². The Bertz CT molecular complexity index is 1410. The van der Waals surface area contributed by atoms with Crippen LogP contribution in [-0.2, 0) is 11.2 Å². The Morgan fingerprint density at radius 2 is 1.82 bits per heavy atom. The minimum Gasteiger partial charge on any atom is -0.481 e. The summed E-state index contributed by atoms with van der Waals surface area (Å²) in [4.78, 5) is 37.0. The van der Waals surface area contributed by atoms with Gasteiger partial charge >= 0.3 is 5.97 Å². The van der Waals surface area contributed by atoms with Crippen LogP contribution in [0.25, 0.3) is 32.6 Å². The molecule has 0 unspecified atom stereocenters. The molecule has 0 amide bonds. The minimum absolute atomic E-state index is 0.569. The lowest BCUT2D eigenvalue weighted by molar-refractivity contribution is -0.149. The molecule has 3 N–H and O–H groups in total. The predicted octanol–water partition coefficient (Wildman–Crippen LogP) is 4.44. The highest BCUT2D eigenvalue weighted by atomic mass is 32.1. The molecule has 0 spiro atoms. The summed E-state index contributed by atoms with van der Waals surface area (Å²) in [5.74, 6) is -0.122. The topological polar surface area (TPSA) is 129 Å². The molecule has 0 bridgehead atoms. The second-order valence-electron chi connectivity index (χ2n) is 9.72. The molecular weight excluding hydrogens is 500 g/mol. The van der Waals surface area contributed by atoms with Crippen molar-refractivity contribution >= 4 is 38.6 Å². The van der Waals surface area contributed by atoms with E-state index in [9.17, 15) is 9.90 Å². The third-order valence-electron chi connectivity index (χ3n) is 7.09. The molecule has 1 aromatic carbocycles. The van der Waals surface area contributed by atoms with Crippen LogP contribution in [-0.4, -0.2) is 62.3 Å². The van der Waals surface area contributed by atoms with Crippen molar-refractivity contribution in [3.8, 4) is 22.4 Å². The molecule has 1 aliphatic heterocycles. The van der Waals surface area contributed by atoms with E-state index in [0.717, 1.165) is 56.4 Å². The average molecular weight is 533 g/mol. The molecule has 1 saturated heterocycles. The maximum Gasteiger partial charge on any atom is 0.309 e. The number of carboxylic acid groups (broad SMARTS) is 1. The fourth-order valence-corrected chi connectivity index (χ4v) is 5.42. The molecule has 0 saturated carbocycles. The number of thiazole rings is 1. The number of aromatic nitrogens is 5.